The van der Waals surface area contributed by atoms with Gasteiger partial charge in [0.1, 0.15) is 0 Å². The summed E-state index contributed by atoms with van der Waals surface area (Å²) in [4.78, 5) is 4.25. The maximum atomic E-state index is 4.45. The van der Waals surface area contributed by atoms with Gasteiger partial charge < -0.3 is 5.32 Å². The Kier molecular flexibility index (Phi) is 5.30. The molecule has 1 atom stereocenters. The van der Waals surface area contributed by atoms with Crippen molar-refractivity contribution in [2.75, 3.05) is 6.54 Å². The average molecular weight is 272 g/mol. The lowest BCUT2D eigenvalue weighted by atomic mass is 9.98. The van der Waals surface area contributed by atoms with Crippen LogP contribution in [0.1, 0.15) is 50.1 Å². The van der Waals surface area contributed by atoms with Gasteiger partial charge in [0, 0.05) is 25.1 Å². The number of rotatable bonds is 7. The fourth-order valence-electron chi connectivity index (χ4n) is 2.58. The van der Waals surface area contributed by atoms with Crippen molar-refractivity contribution in [3.8, 4) is 0 Å². The van der Waals surface area contributed by atoms with Gasteiger partial charge in [-0.2, -0.15) is 5.10 Å². The predicted molar refractivity (Wildman–Crippen MR) is 81.7 cm³/mol. The standard InChI is InChI=1S/C16H24N4/c1-4-11-20-15(8-10-19-20)16(18-6-3)14-7-9-17-12-13(14)5-2/h7-10,12,16,18H,4-6,11H2,1-3H3. The third-order valence-electron chi connectivity index (χ3n) is 3.52. The third kappa shape index (κ3) is 3.07. The van der Waals surface area contributed by atoms with E-state index in [1.807, 2.05) is 18.6 Å². The van der Waals surface area contributed by atoms with Crippen molar-refractivity contribution in [3.05, 3.63) is 47.5 Å². The molecule has 0 saturated carbocycles. The van der Waals surface area contributed by atoms with Crippen molar-refractivity contribution in [2.24, 2.45) is 0 Å². The Morgan fingerprint density at radius 3 is 2.75 bits per heavy atom. The zero-order valence-electron chi connectivity index (χ0n) is 12.6. The summed E-state index contributed by atoms with van der Waals surface area (Å²) in [7, 11) is 0. The summed E-state index contributed by atoms with van der Waals surface area (Å²) in [6, 6.07) is 4.42. The zero-order valence-corrected chi connectivity index (χ0v) is 12.6. The Labute approximate surface area is 121 Å². The molecule has 108 valence electrons. The highest BCUT2D eigenvalue weighted by Gasteiger charge is 2.19. The molecule has 0 spiro atoms. The SMILES string of the molecule is CCCn1nccc1C(NCC)c1ccncc1CC. The van der Waals surface area contributed by atoms with Gasteiger partial charge in [-0.15, -0.1) is 0 Å². The van der Waals surface area contributed by atoms with Crippen molar-refractivity contribution in [1.82, 2.24) is 20.1 Å². The topological polar surface area (TPSA) is 42.7 Å². The largest absolute Gasteiger partial charge is 0.305 e. The monoisotopic (exact) mass is 272 g/mol. The van der Waals surface area contributed by atoms with Crippen molar-refractivity contribution < 1.29 is 0 Å². The summed E-state index contributed by atoms with van der Waals surface area (Å²) in [5.74, 6) is 0. The van der Waals surface area contributed by atoms with E-state index >= 15 is 0 Å². The van der Waals surface area contributed by atoms with E-state index in [1.54, 1.807) is 0 Å². The molecule has 1 unspecified atom stereocenters. The van der Waals surface area contributed by atoms with Crippen LogP contribution in [0, 0.1) is 0 Å². The molecule has 0 saturated heterocycles. The molecule has 20 heavy (non-hydrogen) atoms. The molecule has 4 heteroatoms. The molecular formula is C16H24N4. The zero-order chi connectivity index (χ0) is 14.4. The van der Waals surface area contributed by atoms with E-state index in [-0.39, 0.29) is 6.04 Å². The van der Waals surface area contributed by atoms with Crippen LogP contribution < -0.4 is 5.32 Å². The number of nitrogens with zero attached hydrogens (tertiary/aromatic N) is 3. The van der Waals surface area contributed by atoms with E-state index in [1.165, 1.54) is 16.8 Å². The van der Waals surface area contributed by atoms with Crippen LogP contribution in [0.25, 0.3) is 0 Å². The molecule has 2 heterocycles. The van der Waals surface area contributed by atoms with Crippen LogP contribution in [0.4, 0.5) is 0 Å². The quantitative estimate of drug-likeness (QED) is 0.842. The fourth-order valence-corrected chi connectivity index (χ4v) is 2.58. The number of nitrogens with one attached hydrogen (secondary N) is 1. The third-order valence-corrected chi connectivity index (χ3v) is 3.52. The predicted octanol–water partition coefficient (Wildman–Crippen LogP) is 2.95. The van der Waals surface area contributed by atoms with Gasteiger partial charge in [-0.05, 0) is 42.6 Å². The van der Waals surface area contributed by atoms with Gasteiger partial charge in [0.25, 0.3) is 0 Å². The Balaban J connectivity index is 2.42. The molecule has 2 aromatic heterocycles. The molecule has 2 rings (SSSR count). The molecule has 0 aliphatic carbocycles. The second kappa shape index (κ2) is 7.20. The minimum absolute atomic E-state index is 0.187. The summed E-state index contributed by atoms with van der Waals surface area (Å²) in [5.41, 5.74) is 3.83. The van der Waals surface area contributed by atoms with Gasteiger partial charge in [-0.3, -0.25) is 9.67 Å². The van der Waals surface area contributed by atoms with Crippen molar-refractivity contribution in [1.29, 1.82) is 0 Å². The molecule has 0 aliphatic heterocycles. The average Bonchev–Trinajstić information content (AvgIpc) is 2.93. The normalized spacial score (nSPS) is 12.6. The lowest BCUT2D eigenvalue weighted by Gasteiger charge is -2.22. The molecule has 0 amide bonds. The Morgan fingerprint density at radius 2 is 2.05 bits per heavy atom. The first kappa shape index (κ1) is 14.7. The molecule has 1 N–H and O–H groups in total. The summed E-state index contributed by atoms with van der Waals surface area (Å²) in [5, 5.41) is 8.04. The molecule has 0 bridgehead atoms. The summed E-state index contributed by atoms with van der Waals surface area (Å²) in [6.45, 7) is 8.37. The van der Waals surface area contributed by atoms with Gasteiger partial charge in [-0.25, -0.2) is 0 Å². The van der Waals surface area contributed by atoms with E-state index in [2.05, 4.69) is 53.0 Å². The number of pyridine rings is 1. The lowest BCUT2D eigenvalue weighted by Crippen LogP contribution is -2.26. The molecule has 4 nitrogen and oxygen atoms in total. The van der Waals surface area contributed by atoms with Crippen molar-refractivity contribution in [2.45, 2.75) is 46.2 Å². The fraction of sp³-hybridized carbons (Fsp3) is 0.500. The van der Waals surface area contributed by atoms with Crippen LogP contribution in [0.2, 0.25) is 0 Å². The van der Waals surface area contributed by atoms with Crippen molar-refractivity contribution in [3.63, 3.8) is 0 Å². The van der Waals surface area contributed by atoms with Crippen LogP contribution in [-0.2, 0) is 13.0 Å². The first-order valence-electron chi connectivity index (χ1n) is 7.49. The Morgan fingerprint density at radius 1 is 1.20 bits per heavy atom. The summed E-state index contributed by atoms with van der Waals surface area (Å²) >= 11 is 0. The maximum Gasteiger partial charge on any atom is 0.0751 e. The van der Waals surface area contributed by atoms with Gasteiger partial charge in [0.15, 0.2) is 0 Å². The highest BCUT2D eigenvalue weighted by Crippen LogP contribution is 2.25. The number of aromatic nitrogens is 3. The van der Waals surface area contributed by atoms with E-state index < -0.39 is 0 Å². The molecule has 2 aromatic rings. The number of aryl methyl sites for hydroxylation is 2. The second-order valence-electron chi connectivity index (χ2n) is 4.90. The van der Waals surface area contributed by atoms with E-state index in [4.69, 9.17) is 0 Å². The molecule has 0 aromatic carbocycles. The van der Waals surface area contributed by atoms with E-state index in [0.717, 1.165) is 25.9 Å². The highest BCUT2D eigenvalue weighted by atomic mass is 15.3. The Hall–Kier alpha value is -1.68. The van der Waals surface area contributed by atoms with Crippen LogP contribution in [0.5, 0.6) is 0 Å². The van der Waals surface area contributed by atoms with Crippen LogP contribution in [-0.4, -0.2) is 21.3 Å². The van der Waals surface area contributed by atoms with Crippen LogP contribution in [0.3, 0.4) is 0 Å². The summed E-state index contributed by atoms with van der Waals surface area (Å²) < 4.78 is 2.10. The lowest BCUT2D eigenvalue weighted by molar-refractivity contribution is 0.518. The van der Waals surface area contributed by atoms with Crippen LogP contribution >= 0.6 is 0 Å². The van der Waals surface area contributed by atoms with Crippen molar-refractivity contribution >= 4 is 0 Å². The number of hydrogen-bond donors (Lipinski definition) is 1. The van der Waals surface area contributed by atoms with Gasteiger partial charge >= 0.3 is 0 Å². The smallest absolute Gasteiger partial charge is 0.0751 e. The minimum atomic E-state index is 0.187. The first-order valence-corrected chi connectivity index (χ1v) is 7.49. The van der Waals surface area contributed by atoms with Gasteiger partial charge in [0.2, 0.25) is 0 Å². The molecule has 0 radical (unpaired) electrons. The van der Waals surface area contributed by atoms with Crippen LogP contribution in [0.15, 0.2) is 30.7 Å². The van der Waals surface area contributed by atoms with Gasteiger partial charge in [-0.1, -0.05) is 20.8 Å². The second-order valence-corrected chi connectivity index (χ2v) is 4.90. The summed E-state index contributed by atoms with van der Waals surface area (Å²) in [6.07, 6.45) is 7.82. The molecular weight excluding hydrogens is 248 g/mol. The molecule has 0 fully saturated rings. The molecule has 0 aliphatic rings. The Bertz CT molecular complexity index is 533. The highest BCUT2D eigenvalue weighted by molar-refractivity contribution is 5.33. The van der Waals surface area contributed by atoms with E-state index in [0.29, 0.717) is 0 Å². The van der Waals surface area contributed by atoms with Gasteiger partial charge in [0.05, 0.1) is 11.7 Å². The van der Waals surface area contributed by atoms with E-state index in [9.17, 15) is 0 Å². The maximum absolute atomic E-state index is 4.45. The first-order chi connectivity index (χ1) is 9.81. The number of hydrogen-bond acceptors (Lipinski definition) is 3. The minimum Gasteiger partial charge on any atom is -0.305 e.